The second-order valence-corrected chi connectivity index (χ2v) is 16.1. The van der Waals surface area contributed by atoms with E-state index in [1.165, 1.54) is 63.1 Å². The molecule has 0 heterocycles. The minimum atomic E-state index is -1.57. The van der Waals surface area contributed by atoms with Crippen LogP contribution in [0, 0.1) is 22.7 Å². The van der Waals surface area contributed by atoms with Crippen LogP contribution in [0.4, 0.5) is 0 Å². The number of ketones is 1. The predicted molar refractivity (Wildman–Crippen MR) is 122 cm³/mol. The predicted octanol–water partition coefficient (Wildman–Crippen LogP) is 6.49. The summed E-state index contributed by atoms with van der Waals surface area (Å²) in [5, 5.41) is 10.1. The fraction of sp³-hybridized carbons (Fsp3) is 0.960. The van der Waals surface area contributed by atoms with Crippen LogP contribution in [0.3, 0.4) is 0 Å². The van der Waals surface area contributed by atoms with Gasteiger partial charge < -0.3 is 9.53 Å². The summed E-state index contributed by atoms with van der Waals surface area (Å²) < 4.78 is 7.08. The van der Waals surface area contributed by atoms with E-state index in [-0.39, 0.29) is 5.78 Å². The van der Waals surface area contributed by atoms with Crippen molar-refractivity contribution in [3.63, 3.8) is 0 Å². The molecule has 3 unspecified atom stereocenters. The van der Waals surface area contributed by atoms with Crippen LogP contribution in [0.25, 0.3) is 0 Å². The van der Waals surface area contributed by atoms with Crippen LogP contribution < -0.4 is 0 Å². The van der Waals surface area contributed by atoms with Crippen molar-refractivity contribution in [2.75, 3.05) is 0 Å². The van der Waals surface area contributed by atoms with Crippen molar-refractivity contribution in [3.8, 4) is 0 Å². The maximum absolute atomic E-state index is 12.4. The molecule has 3 rings (SSSR count). The molecule has 29 heavy (non-hydrogen) atoms. The average Bonchev–Trinajstić information content (AvgIpc) is 3.37. The SMILES string of the molecule is CC[Si](CC)(CC)OC1CCC[C@@]2(C)C1CCC2C1(CCC(=O)C(C)(C)O)CC1. The van der Waals surface area contributed by atoms with Crippen LogP contribution in [0.1, 0.15) is 99.3 Å². The summed E-state index contributed by atoms with van der Waals surface area (Å²) in [5.74, 6) is 1.46. The molecular weight excluding hydrogens is 376 g/mol. The van der Waals surface area contributed by atoms with E-state index in [4.69, 9.17) is 4.43 Å². The van der Waals surface area contributed by atoms with Gasteiger partial charge in [-0.3, -0.25) is 4.79 Å². The van der Waals surface area contributed by atoms with Gasteiger partial charge in [-0.25, -0.2) is 0 Å². The van der Waals surface area contributed by atoms with Crippen molar-refractivity contribution in [3.05, 3.63) is 0 Å². The fourth-order valence-electron chi connectivity index (χ4n) is 7.19. The topological polar surface area (TPSA) is 46.5 Å². The van der Waals surface area contributed by atoms with Gasteiger partial charge in [-0.2, -0.15) is 0 Å². The van der Waals surface area contributed by atoms with Gasteiger partial charge in [0.1, 0.15) is 5.60 Å². The van der Waals surface area contributed by atoms with Crippen molar-refractivity contribution in [2.45, 2.75) is 129 Å². The molecule has 3 aliphatic rings. The van der Waals surface area contributed by atoms with Crippen molar-refractivity contribution in [1.82, 2.24) is 0 Å². The van der Waals surface area contributed by atoms with Gasteiger partial charge in [0.05, 0.1) is 0 Å². The highest BCUT2D eigenvalue weighted by Crippen LogP contribution is 2.69. The van der Waals surface area contributed by atoms with Crippen LogP contribution in [0.5, 0.6) is 0 Å². The third-order valence-corrected chi connectivity index (χ3v) is 14.2. The minimum Gasteiger partial charge on any atom is -0.414 e. The number of Topliss-reactive ketones (excluding diaryl/α,β-unsaturated/α-hetero) is 1. The molecule has 0 aliphatic heterocycles. The summed E-state index contributed by atoms with van der Waals surface area (Å²) in [5.41, 5.74) is -0.440. The van der Waals surface area contributed by atoms with E-state index in [9.17, 15) is 9.90 Å². The normalized spacial score (nSPS) is 34.1. The van der Waals surface area contributed by atoms with Gasteiger partial charge in [0.2, 0.25) is 0 Å². The van der Waals surface area contributed by atoms with Crippen LogP contribution in [0.2, 0.25) is 18.1 Å². The van der Waals surface area contributed by atoms with Gasteiger partial charge in [0.25, 0.3) is 0 Å². The zero-order valence-electron chi connectivity index (χ0n) is 20.0. The molecule has 3 aliphatic carbocycles. The second-order valence-electron chi connectivity index (χ2n) is 11.4. The van der Waals surface area contributed by atoms with Crippen molar-refractivity contribution < 1.29 is 14.3 Å². The van der Waals surface area contributed by atoms with Crippen LogP contribution in [-0.2, 0) is 9.22 Å². The van der Waals surface area contributed by atoms with Crippen molar-refractivity contribution in [2.24, 2.45) is 22.7 Å². The number of hydrogen-bond donors (Lipinski definition) is 1. The summed E-state index contributed by atoms with van der Waals surface area (Å²) in [7, 11) is -1.57. The molecule has 0 saturated heterocycles. The first-order valence-corrected chi connectivity index (χ1v) is 15.0. The summed E-state index contributed by atoms with van der Waals surface area (Å²) in [4.78, 5) is 12.4. The number of hydrogen-bond acceptors (Lipinski definition) is 3. The van der Waals surface area contributed by atoms with Gasteiger partial charge in [0, 0.05) is 12.5 Å². The molecule has 0 radical (unpaired) electrons. The quantitative estimate of drug-likeness (QED) is 0.409. The lowest BCUT2D eigenvalue weighted by Gasteiger charge is -2.49. The number of aliphatic hydroxyl groups is 1. The highest BCUT2D eigenvalue weighted by Gasteiger charge is 2.62. The molecule has 0 aromatic carbocycles. The summed E-state index contributed by atoms with van der Waals surface area (Å²) in [6, 6.07) is 3.73. The van der Waals surface area contributed by atoms with E-state index in [1.807, 2.05) is 0 Å². The van der Waals surface area contributed by atoms with Crippen LogP contribution in [0.15, 0.2) is 0 Å². The number of fused-ring (bicyclic) bond motifs is 1. The van der Waals surface area contributed by atoms with Gasteiger partial charge in [-0.15, -0.1) is 0 Å². The average molecular weight is 423 g/mol. The van der Waals surface area contributed by atoms with E-state index >= 15 is 0 Å². The molecular formula is C25H46O3Si. The van der Waals surface area contributed by atoms with Crippen LogP contribution >= 0.6 is 0 Å². The van der Waals surface area contributed by atoms with Crippen molar-refractivity contribution in [1.29, 1.82) is 0 Å². The first-order chi connectivity index (χ1) is 13.6. The summed E-state index contributed by atoms with van der Waals surface area (Å²) >= 11 is 0. The Hall–Kier alpha value is -0.193. The lowest BCUT2D eigenvalue weighted by molar-refractivity contribution is -0.134. The Morgan fingerprint density at radius 3 is 2.21 bits per heavy atom. The van der Waals surface area contributed by atoms with Gasteiger partial charge in [-0.05, 0) is 99.6 Å². The monoisotopic (exact) mass is 422 g/mol. The molecule has 0 spiro atoms. The Morgan fingerprint density at radius 1 is 1.07 bits per heavy atom. The lowest BCUT2D eigenvalue weighted by atomic mass is 9.60. The van der Waals surface area contributed by atoms with Gasteiger partial charge >= 0.3 is 0 Å². The van der Waals surface area contributed by atoms with Gasteiger partial charge in [0.15, 0.2) is 14.1 Å². The molecule has 0 bridgehead atoms. The highest BCUT2D eigenvalue weighted by molar-refractivity contribution is 6.73. The molecule has 4 heteroatoms. The van der Waals surface area contributed by atoms with Crippen LogP contribution in [-0.4, -0.2) is 30.9 Å². The Bertz CT molecular complexity index is 579. The van der Waals surface area contributed by atoms with E-state index in [0.29, 0.717) is 29.3 Å². The van der Waals surface area contributed by atoms with Crippen molar-refractivity contribution >= 4 is 14.1 Å². The molecule has 0 aromatic heterocycles. The summed E-state index contributed by atoms with van der Waals surface area (Å²) in [6.07, 6.45) is 11.1. The first-order valence-electron chi connectivity index (χ1n) is 12.5. The molecule has 3 saturated carbocycles. The number of rotatable bonds is 10. The largest absolute Gasteiger partial charge is 0.414 e. The Kier molecular flexibility index (Phi) is 6.79. The Morgan fingerprint density at radius 2 is 1.69 bits per heavy atom. The molecule has 4 atom stereocenters. The second kappa shape index (κ2) is 8.39. The highest BCUT2D eigenvalue weighted by atomic mass is 28.4. The third-order valence-electron chi connectivity index (χ3n) is 9.56. The molecule has 3 nitrogen and oxygen atoms in total. The van der Waals surface area contributed by atoms with Gasteiger partial charge in [-0.1, -0.05) is 34.1 Å². The molecule has 0 amide bonds. The van der Waals surface area contributed by atoms with E-state index < -0.39 is 13.9 Å². The molecule has 3 fully saturated rings. The van der Waals surface area contributed by atoms with E-state index in [1.54, 1.807) is 13.8 Å². The maximum Gasteiger partial charge on any atom is 0.192 e. The molecule has 168 valence electrons. The molecule has 0 aromatic rings. The number of carbonyl (C=O) groups excluding carboxylic acids is 1. The third kappa shape index (κ3) is 4.41. The fourth-order valence-corrected chi connectivity index (χ4v) is 10.1. The smallest absolute Gasteiger partial charge is 0.192 e. The van der Waals surface area contributed by atoms with E-state index in [0.717, 1.165) is 12.3 Å². The summed E-state index contributed by atoms with van der Waals surface area (Å²) in [6.45, 7) is 12.9. The standard InChI is InChI=1S/C25H46O3Si/c1-7-29(8-2,9-3)28-20-11-10-15-24(6)19(20)12-13-21(24)25(17-18-25)16-14-22(26)23(4,5)27/h19-21,27H,7-18H2,1-6H3/t19?,20?,21?,24-/m0/s1. The zero-order chi connectivity index (χ0) is 21.5. The molecule has 1 N–H and O–H groups in total. The zero-order valence-corrected chi connectivity index (χ0v) is 21.0. The van der Waals surface area contributed by atoms with E-state index in [2.05, 4.69) is 27.7 Å². The number of carbonyl (C=O) groups is 1. The maximum atomic E-state index is 12.4. The Labute approximate surface area is 180 Å². The minimum absolute atomic E-state index is 0.0120. The first kappa shape index (κ1) is 23.5. The Balaban J connectivity index is 1.72. The lowest BCUT2D eigenvalue weighted by Crippen LogP contribution is -2.49.